The van der Waals surface area contributed by atoms with E-state index in [4.69, 9.17) is 0 Å². The Bertz CT molecular complexity index is 1250. The van der Waals surface area contributed by atoms with Crippen LogP contribution in [-0.4, -0.2) is 41.5 Å². The SMILES string of the molecule is CC(C)c1c(C(=O)NNC(=O)c2nn(-c3ccccc3)cc2O)cnn1-c1ccccn1. The summed E-state index contributed by atoms with van der Waals surface area (Å²) in [5, 5.41) is 18.5. The molecule has 10 nitrogen and oxygen atoms in total. The molecule has 4 rings (SSSR count). The van der Waals surface area contributed by atoms with Crippen molar-refractivity contribution in [3.05, 3.63) is 84.1 Å². The van der Waals surface area contributed by atoms with E-state index in [0.29, 0.717) is 22.8 Å². The van der Waals surface area contributed by atoms with Gasteiger partial charge in [-0.05, 0) is 30.2 Å². The Hall–Kier alpha value is -4.47. The predicted molar refractivity (Wildman–Crippen MR) is 116 cm³/mol. The minimum absolute atomic E-state index is 0.0402. The van der Waals surface area contributed by atoms with Gasteiger partial charge in [0.05, 0.1) is 29.3 Å². The average molecular weight is 431 g/mol. The molecular weight excluding hydrogens is 410 g/mol. The summed E-state index contributed by atoms with van der Waals surface area (Å²) in [5.74, 6) is -1.08. The van der Waals surface area contributed by atoms with Gasteiger partial charge in [0.15, 0.2) is 17.3 Å². The minimum atomic E-state index is -0.756. The maximum absolute atomic E-state index is 12.8. The lowest BCUT2D eigenvalue weighted by atomic mass is 10.1. The predicted octanol–water partition coefficient (Wildman–Crippen LogP) is 2.36. The molecule has 3 heterocycles. The van der Waals surface area contributed by atoms with Gasteiger partial charge in [-0.2, -0.15) is 10.2 Å². The summed E-state index contributed by atoms with van der Waals surface area (Å²) in [6, 6.07) is 14.4. The van der Waals surface area contributed by atoms with E-state index in [2.05, 4.69) is 26.0 Å². The Morgan fingerprint density at radius 3 is 2.41 bits per heavy atom. The van der Waals surface area contributed by atoms with Crippen molar-refractivity contribution in [2.45, 2.75) is 19.8 Å². The number of pyridine rings is 1. The summed E-state index contributed by atoms with van der Waals surface area (Å²) in [6.07, 6.45) is 4.38. The fourth-order valence-electron chi connectivity index (χ4n) is 3.23. The molecule has 3 N–H and O–H groups in total. The number of nitrogens with zero attached hydrogens (tertiary/aromatic N) is 5. The number of hydrogen-bond acceptors (Lipinski definition) is 6. The third-order valence-corrected chi connectivity index (χ3v) is 4.68. The molecular formula is C22H21N7O3. The molecule has 0 saturated heterocycles. The van der Waals surface area contributed by atoms with Crippen LogP contribution in [0.4, 0.5) is 0 Å². The highest BCUT2D eigenvalue weighted by atomic mass is 16.3. The van der Waals surface area contributed by atoms with Gasteiger partial charge in [0.2, 0.25) is 0 Å². The first-order chi connectivity index (χ1) is 15.5. The zero-order valence-electron chi connectivity index (χ0n) is 17.4. The van der Waals surface area contributed by atoms with Gasteiger partial charge in [-0.1, -0.05) is 38.1 Å². The van der Waals surface area contributed by atoms with Crippen molar-refractivity contribution < 1.29 is 14.7 Å². The van der Waals surface area contributed by atoms with E-state index in [0.717, 1.165) is 0 Å². The molecule has 3 aromatic heterocycles. The van der Waals surface area contributed by atoms with Crippen LogP contribution in [-0.2, 0) is 0 Å². The quantitative estimate of drug-likeness (QED) is 0.416. The summed E-state index contributed by atoms with van der Waals surface area (Å²) in [6.45, 7) is 3.86. The number of aromatic nitrogens is 5. The topological polar surface area (TPSA) is 127 Å². The van der Waals surface area contributed by atoms with Crippen molar-refractivity contribution in [2.24, 2.45) is 0 Å². The van der Waals surface area contributed by atoms with Gasteiger partial charge in [-0.25, -0.2) is 14.3 Å². The van der Waals surface area contributed by atoms with Crippen LogP contribution >= 0.6 is 0 Å². The van der Waals surface area contributed by atoms with Crippen LogP contribution in [0.15, 0.2) is 67.1 Å². The molecule has 1 aromatic carbocycles. The van der Waals surface area contributed by atoms with Crippen molar-refractivity contribution in [3.63, 3.8) is 0 Å². The standard InChI is InChI=1S/C22H21N7O3/c1-14(2)20-16(12-24-29(20)18-10-6-7-11-23-18)21(31)25-26-22(32)19-17(30)13-28(27-19)15-8-4-3-5-9-15/h3-14,30H,1-2H3,(H,25,31)(H,26,32). The fraction of sp³-hybridized carbons (Fsp3) is 0.136. The molecule has 0 aliphatic rings. The van der Waals surface area contributed by atoms with E-state index in [-0.39, 0.29) is 17.4 Å². The van der Waals surface area contributed by atoms with Gasteiger partial charge in [-0.15, -0.1) is 0 Å². The number of hydrogen-bond donors (Lipinski definition) is 3. The summed E-state index contributed by atoms with van der Waals surface area (Å²) < 4.78 is 2.97. The Kier molecular flexibility index (Phi) is 5.67. The molecule has 0 fully saturated rings. The van der Waals surface area contributed by atoms with Gasteiger partial charge < -0.3 is 5.11 Å². The molecule has 162 valence electrons. The largest absolute Gasteiger partial charge is 0.504 e. The third-order valence-electron chi connectivity index (χ3n) is 4.68. The number of para-hydroxylation sites is 1. The smallest absolute Gasteiger partial charge is 0.294 e. The van der Waals surface area contributed by atoms with E-state index in [1.165, 1.54) is 17.1 Å². The highest BCUT2D eigenvalue weighted by Crippen LogP contribution is 2.22. The molecule has 0 unspecified atom stereocenters. The van der Waals surface area contributed by atoms with Crippen LogP contribution in [0.1, 0.15) is 46.3 Å². The zero-order chi connectivity index (χ0) is 22.7. The van der Waals surface area contributed by atoms with Gasteiger partial charge in [0, 0.05) is 6.20 Å². The zero-order valence-corrected chi connectivity index (χ0v) is 17.4. The first kappa shape index (κ1) is 20.8. The third kappa shape index (κ3) is 4.06. The molecule has 0 aliphatic carbocycles. The molecule has 10 heteroatoms. The second kappa shape index (κ2) is 8.72. The van der Waals surface area contributed by atoms with Crippen LogP contribution in [0.2, 0.25) is 0 Å². The van der Waals surface area contributed by atoms with Crippen molar-refractivity contribution in [1.82, 2.24) is 35.4 Å². The van der Waals surface area contributed by atoms with Gasteiger partial charge in [0.1, 0.15) is 0 Å². The van der Waals surface area contributed by atoms with Crippen molar-refractivity contribution in [3.8, 4) is 17.3 Å². The van der Waals surface area contributed by atoms with Gasteiger partial charge in [-0.3, -0.25) is 20.4 Å². The molecule has 0 bridgehead atoms. The summed E-state index contributed by atoms with van der Waals surface area (Å²) in [5.41, 5.74) is 6.05. The normalized spacial score (nSPS) is 10.8. The lowest BCUT2D eigenvalue weighted by molar-refractivity contribution is 0.0841. The Labute approximate surface area is 183 Å². The van der Waals surface area contributed by atoms with Crippen molar-refractivity contribution in [2.75, 3.05) is 0 Å². The van der Waals surface area contributed by atoms with E-state index in [9.17, 15) is 14.7 Å². The van der Waals surface area contributed by atoms with Crippen LogP contribution in [0.25, 0.3) is 11.5 Å². The number of aromatic hydroxyl groups is 1. The summed E-state index contributed by atoms with van der Waals surface area (Å²) in [4.78, 5) is 29.5. The Morgan fingerprint density at radius 1 is 1.00 bits per heavy atom. The number of benzene rings is 1. The lowest BCUT2D eigenvalue weighted by Gasteiger charge is -2.12. The first-order valence-electron chi connectivity index (χ1n) is 9.89. The monoisotopic (exact) mass is 431 g/mol. The number of amides is 2. The van der Waals surface area contributed by atoms with E-state index in [1.807, 2.05) is 38.1 Å². The van der Waals surface area contributed by atoms with Crippen molar-refractivity contribution in [1.29, 1.82) is 0 Å². The Morgan fingerprint density at radius 2 is 1.72 bits per heavy atom. The van der Waals surface area contributed by atoms with Crippen LogP contribution < -0.4 is 10.9 Å². The summed E-state index contributed by atoms with van der Waals surface area (Å²) in [7, 11) is 0. The average Bonchev–Trinajstić information content (AvgIpc) is 3.43. The number of carbonyl (C=O) groups excluding carboxylic acids is 2. The van der Waals surface area contributed by atoms with Crippen LogP contribution in [0.5, 0.6) is 5.75 Å². The van der Waals surface area contributed by atoms with E-state index in [1.54, 1.807) is 35.1 Å². The van der Waals surface area contributed by atoms with Crippen molar-refractivity contribution >= 4 is 11.8 Å². The molecule has 4 aromatic rings. The van der Waals surface area contributed by atoms with E-state index < -0.39 is 11.8 Å². The molecule has 0 radical (unpaired) electrons. The molecule has 0 saturated carbocycles. The fourth-order valence-corrected chi connectivity index (χ4v) is 3.23. The minimum Gasteiger partial charge on any atom is -0.504 e. The van der Waals surface area contributed by atoms with Gasteiger partial charge >= 0.3 is 0 Å². The first-order valence-corrected chi connectivity index (χ1v) is 9.89. The van der Waals surface area contributed by atoms with Gasteiger partial charge in [0.25, 0.3) is 11.8 Å². The molecule has 2 amide bonds. The summed E-state index contributed by atoms with van der Waals surface area (Å²) >= 11 is 0. The Balaban J connectivity index is 1.51. The number of nitrogens with one attached hydrogen (secondary N) is 2. The number of carbonyl (C=O) groups is 2. The molecule has 0 atom stereocenters. The highest BCUT2D eigenvalue weighted by Gasteiger charge is 2.23. The van der Waals surface area contributed by atoms with Crippen LogP contribution in [0, 0.1) is 0 Å². The van der Waals surface area contributed by atoms with E-state index >= 15 is 0 Å². The number of rotatable bonds is 5. The highest BCUT2D eigenvalue weighted by molar-refractivity contribution is 5.99. The molecule has 0 spiro atoms. The molecule has 0 aliphatic heterocycles. The maximum atomic E-state index is 12.8. The second-order valence-electron chi connectivity index (χ2n) is 7.25. The lowest BCUT2D eigenvalue weighted by Crippen LogP contribution is -2.42. The second-order valence-corrected chi connectivity index (χ2v) is 7.25. The van der Waals surface area contributed by atoms with Crippen LogP contribution in [0.3, 0.4) is 0 Å². The maximum Gasteiger partial charge on any atom is 0.294 e. The number of hydrazine groups is 1. The molecule has 32 heavy (non-hydrogen) atoms.